The fourth-order valence-corrected chi connectivity index (χ4v) is 3.87. The van der Waals surface area contributed by atoms with Crippen molar-refractivity contribution in [2.75, 3.05) is 0 Å². The molecule has 4 rings (SSSR count). The summed E-state index contributed by atoms with van der Waals surface area (Å²) in [4.78, 5) is 23.3. The number of nitrogens with zero attached hydrogens (tertiary/aromatic N) is 2. The summed E-state index contributed by atoms with van der Waals surface area (Å²) in [5.41, 5.74) is 3.90. The lowest BCUT2D eigenvalue weighted by Gasteiger charge is -2.09. The summed E-state index contributed by atoms with van der Waals surface area (Å²) in [5, 5.41) is 15.5. The van der Waals surface area contributed by atoms with Crippen LogP contribution in [0.1, 0.15) is 20.8 Å². The number of thiophene rings is 1. The number of carbonyl (C=O) groups is 1. The quantitative estimate of drug-likeness (QED) is 0.236. The smallest absolute Gasteiger partial charge is 0.281 e. The van der Waals surface area contributed by atoms with Crippen LogP contribution in [0.2, 0.25) is 0 Å². The molecule has 0 saturated heterocycles. The first-order valence-electron chi connectivity index (χ1n) is 9.47. The fourth-order valence-electron chi connectivity index (χ4n) is 2.93. The van der Waals surface area contributed by atoms with Crippen LogP contribution in [0.3, 0.4) is 0 Å². The average Bonchev–Trinajstić information content (AvgIpc) is 3.23. The maximum absolute atomic E-state index is 13.0. The van der Waals surface area contributed by atoms with E-state index < -0.39 is 10.8 Å². The van der Waals surface area contributed by atoms with Crippen LogP contribution in [-0.4, -0.2) is 17.0 Å². The lowest BCUT2D eigenvalue weighted by molar-refractivity contribution is -0.384. The minimum Gasteiger partial charge on any atom is -0.488 e. The van der Waals surface area contributed by atoms with Crippen molar-refractivity contribution >= 4 is 39.2 Å². The van der Waals surface area contributed by atoms with Gasteiger partial charge in [0.1, 0.15) is 18.2 Å². The van der Waals surface area contributed by atoms with Gasteiger partial charge < -0.3 is 4.74 Å². The first-order chi connectivity index (χ1) is 15.5. The summed E-state index contributed by atoms with van der Waals surface area (Å²) in [6, 6.07) is 19.3. The van der Waals surface area contributed by atoms with Crippen molar-refractivity contribution in [1.29, 1.82) is 0 Å². The number of hydrogen-bond donors (Lipinski definition) is 1. The van der Waals surface area contributed by atoms with Crippen molar-refractivity contribution in [3.8, 4) is 5.75 Å². The Balaban J connectivity index is 1.42. The number of ether oxygens (including phenoxy) is 1. The van der Waals surface area contributed by atoms with Crippen molar-refractivity contribution in [2.45, 2.75) is 6.61 Å². The zero-order valence-corrected chi connectivity index (χ0v) is 17.3. The fraction of sp³-hybridized carbons (Fsp3) is 0.0435. The van der Waals surface area contributed by atoms with Crippen LogP contribution in [-0.2, 0) is 6.61 Å². The second kappa shape index (κ2) is 9.36. The molecule has 0 radical (unpaired) electrons. The van der Waals surface area contributed by atoms with E-state index in [2.05, 4.69) is 10.5 Å². The first kappa shape index (κ1) is 21.1. The monoisotopic (exact) mass is 449 g/mol. The molecule has 160 valence electrons. The normalized spacial score (nSPS) is 11.0. The molecule has 0 bridgehead atoms. The number of fused-ring (bicyclic) bond motifs is 1. The zero-order chi connectivity index (χ0) is 22.5. The summed E-state index contributed by atoms with van der Waals surface area (Å²) in [7, 11) is 0. The van der Waals surface area contributed by atoms with Crippen molar-refractivity contribution in [1.82, 2.24) is 5.43 Å². The molecule has 7 nitrogen and oxygen atoms in total. The molecule has 0 aliphatic carbocycles. The molecular formula is C23H16FN3O4S. The van der Waals surface area contributed by atoms with Gasteiger partial charge in [-0.1, -0.05) is 24.3 Å². The van der Waals surface area contributed by atoms with Gasteiger partial charge >= 0.3 is 0 Å². The van der Waals surface area contributed by atoms with Crippen LogP contribution >= 0.6 is 11.3 Å². The molecule has 1 aromatic heterocycles. The van der Waals surface area contributed by atoms with E-state index in [0.29, 0.717) is 21.6 Å². The van der Waals surface area contributed by atoms with Gasteiger partial charge in [-0.3, -0.25) is 14.9 Å². The zero-order valence-electron chi connectivity index (χ0n) is 16.5. The van der Waals surface area contributed by atoms with E-state index in [4.69, 9.17) is 4.74 Å². The number of nitrogens with one attached hydrogen (secondary N) is 1. The summed E-state index contributed by atoms with van der Waals surface area (Å²) >= 11 is 1.22. The Kier molecular flexibility index (Phi) is 6.18. The number of amides is 1. The Morgan fingerprint density at radius 3 is 2.69 bits per heavy atom. The van der Waals surface area contributed by atoms with Gasteiger partial charge in [0.2, 0.25) is 0 Å². The largest absolute Gasteiger partial charge is 0.488 e. The van der Waals surface area contributed by atoms with Crippen LogP contribution in [0.5, 0.6) is 5.75 Å². The Hall–Kier alpha value is -4.11. The van der Waals surface area contributed by atoms with Gasteiger partial charge in [-0.15, -0.1) is 11.3 Å². The van der Waals surface area contributed by atoms with Crippen molar-refractivity contribution in [3.63, 3.8) is 0 Å². The minimum atomic E-state index is -0.475. The van der Waals surface area contributed by atoms with Crippen molar-refractivity contribution in [2.24, 2.45) is 5.10 Å². The van der Waals surface area contributed by atoms with Gasteiger partial charge in [0.05, 0.1) is 16.0 Å². The molecule has 0 fully saturated rings. The summed E-state index contributed by atoms with van der Waals surface area (Å²) in [5.74, 6) is -0.173. The van der Waals surface area contributed by atoms with Crippen LogP contribution in [0, 0.1) is 15.9 Å². The minimum absolute atomic E-state index is 0.0301. The highest BCUT2D eigenvalue weighted by atomic mass is 32.1. The topological polar surface area (TPSA) is 93.8 Å². The molecule has 9 heteroatoms. The molecule has 1 N–H and O–H groups in total. The van der Waals surface area contributed by atoms with Crippen LogP contribution < -0.4 is 10.2 Å². The second-order valence-electron chi connectivity index (χ2n) is 6.74. The molecule has 0 spiro atoms. The van der Waals surface area contributed by atoms with Crippen LogP contribution in [0.4, 0.5) is 10.1 Å². The summed E-state index contributed by atoms with van der Waals surface area (Å²) in [6.07, 6.45) is 1.47. The highest BCUT2D eigenvalue weighted by Gasteiger charge is 2.13. The van der Waals surface area contributed by atoms with Gasteiger partial charge in [0.25, 0.3) is 11.6 Å². The van der Waals surface area contributed by atoms with E-state index in [-0.39, 0.29) is 18.1 Å². The van der Waals surface area contributed by atoms with Gasteiger partial charge in [-0.25, -0.2) is 9.82 Å². The predicted octanol–water partition coefficient (Wildman–Crippen LogP) is 5.29. The number of carbonyl (C=O) groups excluding carboxylic acids is 1. The Labute approximate surface area is 185 Å². The van der Waals surface area contributed by atoms with Crippen LogP contribution in [0.25, 0.3) is 10.1 Å². The highest BCUT2D eigenvalue weighted by Crippen LogP contribution is 2.29. The Bertz CT molecular complexity index is 1320. The second-order valence-corrected chi connectivity index (χ2v) is 7.83. The van der Waals surface area contributed by atoms with Crippen molar-refractivity contribution < 1.29 is 18.8 Å². The highest BCUT2D eigenvalue weighted by molar-refractivity contribution is 7.20. The van der Waals surface area contributed by atoms with E-state index in [1.165, 1.54) is 41.8 Å². The number of non-ortho nitro benzene ring substituents is 1. The van der Waals surface area contributed by atoms with Gasteiger partial charge in [0.15, 0.2) is 0 Å². The third kappa shape index (κ3) is 4.96. The number of nitro groups is 1. The number of hydrazone groups is 1. The van der Waals surface area contributed by atoms with Gasteiger partial charge in [0, 0.05) is 27.8 Å². The number of para-hydroxylation sites is 1. The molecule has 0 unspecified atom stereocenters. The first-order valence-corrected chi connectivity index (χ1v) is 10.3. The van der Waals surface area contributed by atoms with E-state index in [1.54, 1.807) is 36.4 Å². The molecule has 1 amide bonds. The van der Waals surface area contributed by atoms with Crippen molar-refractivity contribution in [3.05, 3.63) is 105 Å². The predicted molar refractivity (Wildman–Crippen MR) is 121 cm³/mol. The SMILES string of the molecule is O=C(NN=Cc1ccccc1OCc1ccc(F)cc1)c1cc2cc([N+](=O)[O-])ccc2s1. The lowest BCUT2D eigenvalue weighted by atomic mass is 10.2. The maximum Gasteiger partial charge on any atom is 0.281 e. The standard InChI is InChI=1S/C23H16FN3O4S/c24-18-7-5-15(6-8-18)14-31-20-4-2-1-3-16(20)13-25-26-23(28)22-12-17-11-19(27(29)30)9-10-21(17)32-22/h1-13H,14H2,(H,26,28). The Morgan fingerprint density at radius 2 is 1.91 bits per heavy atom. The molecule has 32 heavy (non-hydrogen) atoms. The van der Waals surface area contributed by atoms with Crippen LogP contribution in [0.15, 0.2) is 77.9 Å². The molecule has 4 aromatic rings. The van der Waals surface area contributed by atoms with E-state index in [1.807, 2.05) is 12.1 Å². The third-order valence-corrected chi connectivity index (χ3v) is 5.65. The maximum atomic E-state index is 13.0. The molecule has 0 aliphatic heterocycles. The molecule has 0 saturated carbocycles. The molecule has 1 heterocycles. The number of benzene rings is 3. The summed E-state index contributed by atoms with van der Waals surface area (Å²) < 4.78 is 19.6. The summed E-state index contributed by atoms with van der Waals surface area (Å²) in [6.45, 7) is 0.255. The number of halogens is 1. The Morgan fingerprint density at radius 1 is 1.12 bits per heavy atom. The molecule has 0 atom stereocenters. The van der Waals surface area contributed by atoms with E-state index in [9.17, 15) is 19.3 Å². The molecule has 3 aromatic carbocycles. The van der Waals surface area contributed by atoms with E-state index in [0.717, 1.165) is 10.3 Å². The van der Waals surface area contributed by atoms with Gasteiger partial charge in [-0.2, -0.15) is 5.10 Å². The number of hydrogen-bond acceptors (Lipinski definition) is 6. The third-order valence-electron chi connectivity index (χ3n) is 4.53. The average molecular weight is 449 g/mol. The van der Waals surface area contributed by atoms with Gasteiger partial charge in [-0.05, 0) is 42.0 Å². The van der Waals surface area contributed by atoms with E-state index >= 15 is 0 Å². The molecule has 0 aliphatic rings. The number of rotatable bonds is 7. The molecular weight excluding hydrogens is 433 g/mol. The lowest BCUT2D eigenvalue weighted by Crippen LogP contribution is -2.16. The number of nitro benzene ring substituents is 1.